The van der Waals surface area contributed by atoms with Crippen molar-refractivity contribution in [1.29, 1.82) is 0 Å². The van der Waals surface area contributed by atoms with Crippen molar-refractivity contribution in [3.05, 3.63) is 66.2 Å². The van der Waals surface area contributed by atoms with E-state index in [1.54, 1.807) is 36.4 Å². The lowest BCUT2D eigenvalue weighted by Crippen LogP contribution is -2.32. The molecule has 0 radical (unpaired) electrons. The third-order valence-corrected chi connectivity index (χ3v) is 5.57. The number of amides is 1. The summed E-state index contributed by atoms with van der Waals surface area (Å²) in [5.41, 5.74) is 2.64. The minimum absolute atomic E-state index is 0.143. The highest BCUT2D eigenvalue weighted by Crippen LogP contribution is 2.25. The first-order valence-electron chi connectivity index (χ1n) is 8.29. The molecule has 0 aliphatic heterocycles. The van der Waals surface area contributed by atoms with Gasteiger partial charge in [0.15, 0.2) is 0 Å². The molecule has 0 atom stereocenters. The van der Waals surface area contributed by atoms with Crippen molar-refractivity contribution in [2.24, 2.45) is 0 Å². The Labute approximate surface area is 153 Å². The van der Waals surface area contributed by atoms with E-state index in [2.05, 4.69) is 0 Å². The van der Waals surface area contributed by atoms with Gasteiger partial charge in [-0.05, 0) is 42.3 Å². The number of anilines is 1. The molecule has 7 heteroatoms. The maximum atomic E-state index is 13.2. The van der Waals surface area contributed by atoms with E-state index in [1.807, 2.05) is 13.0 Å². The number of unbranched alkanes of at least 4 members (excludes halogenated alkanes) is 1. The Morgan fingerprint density at radius 3 is 2.54 bits per heavy atom. The van der Waals surface area contributed by atoms with Gasteiger partial charge in [0, 0.05) is 12.6 Å². The number of hydrogen-bond donors (Lipinski definition) is 2. The van der Waals surface area contributed by atoms with Gasteiger partial charge in [-0.2, -0.15) is 0 Å². The first-order chi connectivity index (χ1) is 12.5. The number of nitrogens with one attached hydrogen (secondary N) is 1. The van der Waals surface area contributed by atoms with Crippen LogP contribution < -0.4 is 9.79 Å². The molecule has 1 amide bonds. The number of hydroxylamine groups is 1. The van der Waals surface area contributed by atoms with Crippen molar-refractivity contribution in [2.45, 2.75) is 24.7 Å². The van der Waals surface area contributed by atoms with Gasteiger partial charge in [0.1, 0.15) is 0 Å². The molecule has 0 aliphatic rings. The maximum Gasteiger partial charge on any atom is 0.267 e. The molecule has 0 heterocycles. The van der Waals surface area contributed by atoms with E-state index in [-0.39, 0.29) is 4.90 Å². The third kappa shape index (κ3) is 4.93. The molecule has 0 bridgehead atoms. The van der Waals surface area contributed by atoms with Gasteiger partial charge in [0.2, 0.25) is 0 Å². The van der Waals surface area contributed by atoms with Crippen LogP contribution in [0.25, 0.3) is 6.08 Å². The predicted octanol–water partition coefficient (Wildman–Crippen LogP) is 3.20. The molecular formula is C19H22N2O4S. The van der Waals surface area contributed by atoms with E-state index >= 15 is 0 Å². The van der Waals surface area contributed by atoms with Crippen molar-refractivity contribution in [3.63, 3.8) is 0 Å². The fourth-order valence-electron chi connectivity index (χ4n) is 2.40. The molecule has 6 nitrogen and oxygen atoms in total. The third-order valence-electron chi connectivity index (χ3n) is 3.74. The number of hydrogen-bond acceptors (Lipinski definition) is 4. The first kappa shape index (κ1) is 19.7. The molecule has 138 valence electrons. The molecule has 0 aliphatic carbocycles. The number of sulfonamides is 1. The Bertz CT molecular complexity index is 864. The van der Waals surface area contributed by atoms with E-state index in [1.165, 1.54) is 28.0 Å². The summed E-state index contributed by atoms with van der Waals surface area (Å²) in [7, 11) is -3.74. The molecule has 0 spiro atoms. The zero-order chi connectivity index (χ0) is 19.0. The van der Waals surface area contributed by atoms with E-state index < -0.39 is 15.9 Å². The van der Waals surface area contributed by atoms with Gasteiger partial charge in [-0.1, -0.05) is 43.7 Å². The SMILES string of the molecule is CCCCN(c1ccccc1)S(=O)(=O)c1cccc(/C=C/C(=O)NO)c1. The van der Waals surface area contributed by atoms with Crippen LogP contribution in [-0.2, 0) is 14.8 Å². The predicted molar refractivity (Wildman–Crippen MR) is 101 cm³/mol. The summed E-state index contributed by atoms with van der Waals surface area (Å²) in [4.78, 5) is 11.2. The lowest BCUT2D eigenvalue weighted by atomic mass is 10.2. The lowest BCUT2D eigenvalue weighted by molar-refractivity contribution is -0.124. The standard InChI is InChI=1S/C19H22N2O4S/c1-2-3-14-21(17-9-5-4-6-10-17)26(24,25)18-11-7-8-16(15-18)12-13-19(22)20-23/h4-13,15,23H,2-3,14H2,1H3,(H,20,22)/b13-12+. The summed E-state index contributed by atoms with van der Waals surface area (Å²) in [5.74, 6) is -0.688. The number of rotatable bonds is 8. The van der Waals surface area contributed by atoms with Crippen LogP contribution in [-0.4, -0.2) is 26.1 Å². The van der Waals surface area contributed by atoms with Crippen LogP contribution >= 0.6 is 0 Å². The van der Waals surface area contributed by atoms with Gasteiger partial charge in [-0.3, -0.25) is 14.3 Å². The van der Waals surface area contributed by atoms with E-state index in [0.717, 1.165) is 18.9 Å². The number of benzene rings is 2. The largest absolute Gasteiger partial charge is 0.288 e. The highest BCUT2D eigenvalue weighted by molar-refractivity contribution is 7.92. The molecule has 0 saturated carbocycles. The Kier molecular flexibility index (Phi) is 6.94. The maximum absolute atomic E-state index is 13.2. The average Bonchev–Trinajstić information content (AvgIpc) is 2.67. The topological polar surface area (TPSA) is 86.7 Å². The van der Waals surface area contributed by atoms with Gasteiger partial charge in [0.05, 0.1) is 10.6 Å². The Morgan fingerprint density at radius 2 is 1.88 bits per heavy atom. The van der Waals surface area contributed by atoms with Crippen LogP contribution in [0.4, 0.5) is 5.69 Å². The quantitative estimate of drug-likeness (QED) is 0.422. The molecular weight excluding hydrogens is 352 g/mol. The van der Waals surface area contributed by atoms with Crippen molar-refractivity contribution < 1.29 is 18.4 Å². The summed E-state index contributed by atoms with van der Waals surface area (Å²) in [5, 5.41) is 8.52. The lowest BCUT2D eigenvalue weighted by Gasteiger charge is -2.24. The van der Waals surface area contributed by atoms with Gasteiger partial charge >= 0.3 is 0 Å². The van der Waals surface area contributed by atoms with Gasteiger partial charge in [-0.15, -0.1) is 0 Å². The van der Waals surface area contributed by atoms with Gasteiger partial charge < -0.3 is 0 Å². The highest BCUT2D eigenvalue weighted by Gasteiger charge is 2.24. The van der Waals surface area contributed by atoms with Crippen LogP contribution in [0.2, 0.25) is 0 Å². The van der Waals surface area contributed by atoms with E-state index in [9.17, 15) is 13.2 Å². The minimum Gasteiger partial charge on any atom is -0.288 e. The molecule has 26 heavy (non-hydrogen) atoms. The Balaban J connectivity index is 2.40. The second kappa shape index (κ2) is 9.17. The summed E-state index contributed by atoms with van der Waals surface area (Å²) >= 11 is 0. The fourth-order valence-corrected chi connectivity index (χ4v) is 3.96. The summed E-state index contributed by atoms with van der Waals surface area (Å²) in [6.45, 7) is 2.39. The molecule has 0 aromatic heterocycles. The number of carbonyl (C=O) groups is 1. The van der Waals surface area contributed by atoms with Crippen LogP contribution in [0.15, 0.2) is 65.6 Å². The smallest absolute Gasteiger partial charge is 0.267 e. The number of para-hydroxylation sites is 1. The summed E-state index contributed by atoms with van der Waals surface area (Å²) < 4.78 is 27.7. The van der Waals surface area contributed by atoms with Crippen LogP contribution in [0, 0.1) is 0 Å². The fraction of sp³-hybridized carbons (Fsp3) is 0.211. The summed E-state index contributed by atoms with van der Waals surface area (Å²) in [6, 6.07) is 15.3. The normalized spacial score (nSPS) is 11.5. The second-order valence-electron chi connectivity index (χ2n) is 5.65. The summed E-state index contributed by atoms with van der Waals surface area (Å²) in [6.07, 6.45) is 4.17. The number of nitrogens with zero attached hydrogens (tertiary/aromatic N) is 1. The zero-order valence-electron chi connectivity index (χ0n) is 14.5. The molecule has 2 N–H and O–H groups in total. The van der Waals surface area contributed by atoms with Crippen molar-refractivity contribution in [3.8, 4) is 0 Å². The first-order valence-corrected chi connectivity index (χ1v) is 9.73. The number of carbonyl (C=O) groups excluding carboxylic acids is 1. The minimum atomic E-state index is -3.74. The molecule has 2 aromatic carbocycles. The Morgan fingerprint density at radius 1 is 1.15 bits per heavy atom. The van der Waals surface area contributed by atoms with Crippen LogP contribution in [0.5, 0.6) is 0 Å². The van der Waals surface area contributed by atoms with Gasteiger partial charge in [0.25, 0.3) is 15.9 Å². The van der Waals surface area contributed by atoms with Crippen LogP contribution in [0.3, 0.4) is 0 Å². The molecule has 0 unspecified atom stereocenters. The van der Waals surface area contributed by atoms with Gasteiger partial charge in [-0.25, -0.2) is 13.9 Å². The second-order valence-corrected chi connectivity index (χ2v) is 7.51. The average molecular weight is 374 g/mol. The van der Waals surface area contributed by atoms with Crippen molar-refractivity contribution in [2.75, 3.05) is 10.8 Å². The van der Waals surface area contributed by atoms with Crippen molar-refractivity contribution >= 4 is 27.7 Å². The van der Waals surface area contributed by atoms with Crippen molar-refractivity contribution in [1.82, 2.24) is 5.48 Å². The Hall–Kier alpha value is -2.64. The molecule has 0 saturated heterocycles. The van der Waals surface area contributed by atoms with E-state index in [0.29, 0.717) is 17.8 Å². The molecule has 0 fully saturated rings. The highest BCUT2D eigenvalue weighted by atomic mass is 32.2. The van der Waals surface area contributed by atoms with E-state index in [4.69, 9.17) is 5.21 Å². The molecule has 2 rings (SSSR count). The zero-order valence-corrected chi connectivity index (χ0v) is 15.3. The monoisotopic (exact) mass is 374 g/mol. The molecule has 2 aromatic rings. The van der Waals surface area contributed by atoms with Crippen LogP contribution in [0.1, 0.15) is 25.3 Å².